The Kier molecular flexibility index (Phi) is 3.73. The Hall–Kier alpha value is -1.83. The van der Waals surface area contributed by atoms with Gasteiger partial charge in [-0.2, -0.15) is 0 Å². The number of ketones is 1. The molecule has 0 unspecified atom stereocenters. The minimum atomic E-state index is 0.0745. The summed E-state index contributed by atoms with van der Waals surface area (Å²) in [6.45, 7) is 4.86. The molecule has 0 aromatic heterocycles. The first-order valence-electron chi connectivity index (χ1n) is 10.7. The molecule has 0 spiro atoms. The second-order valence-electron chi connectivity index (χ2n) is 9.84. The van der Waals surface area contributed by atoms with Crippen LogP contribution >= 0.6 is 0 Å². The Balaban J connectivity index is 1.49. The normalized spacial score (nSPS) is 42.9. The van der Waals surface area contributed by atoms with Crippen molar-refractivity contribution >= 4 is 5.78 Å². The molecule has 0 heterocycles. The summed E-state index contributed by atoms with van der Waals surface area (Å²) in [7, 11) is 0. The van der Waals surface area contributed by atoms with Crippen LogP contribution in [0.1, 0.15) is 63.9 Å². The zero-order chi connectivity index (χ0) is 18.8. The number of benzene rings is 1. The molecule has 4 aliphatic rings. The van der Waals surface area contributed by atoms with Crippen LogP contribution in [-0.2, 0) is 4.79 Å². The smallest absolute Gasteiger partial charge is 0.178 e. The number of aromatic hydroxyl groups is 1. The topological polar surface area (TPSA) is 37.3 Å². The van der Waals surface area contributed by atoms with Gasteiger partial charge < -0.3 is 5.11 Å². The van der Waals surface area contributed by atoms with Gasteiger partial charge in [-0.1, -0.05) is 43.7 Å². The van der Waals surface area contributed by atoms with Crippen LogP contribution in [0.25, 0.3) is 0 Å². The number of rotatable bonds is 1. The van der Waals surface area contributed by atoms with E-state index in [-0.39, 0.29) is 16.6 Å². The molecule has 27 heavy (non-hydrogen) atoms. The number of fused-ring (bicyclic) bond motifs is 5. The number of carbonyl (C=O) groups excluding carboxylic acids is 1. The van der Waals surface area contributed by atoms with Gasteiger partial charge in [-0.05, 0) is 91.4 Å². The van der Waals surface area contributed by atoms with Crippen molar-refractivity contribution in [1.29, 1.82) is 0 Å². The van der Waals surface area contributed by atoms with Gasteiger partial charge in [0.1, 0.15) is 5.75 Å². The summed E-state index contributed by atoms with van der Waals surface area (Å²) in [4.78, 5) is 11.9. The summed E-state index contributed by atoms with van der Waals surface area (Å²) in [5.74, 6) is 3.23. The molecule has 0 aliphatic heterocycles. The quantitative estimate of drug-likeness (QED) is 0.687. The minimum Gasteiger partial charge on any atom is -0.508 e. The summed E-state index contributed by atoms with van der Waals surface area (Å²) in [5, 5.41) is 10.5. The van der Waals surface area contributed by atoms with Crippen molar-refractivity contribution < 1.29 is 9.90 Å². The van der Waals surface area contributed by atoms with Gasteiger partial charge in [-0.15, -0.1) is 0 Å². The van der Waals surface area contributed by atoms with E-state index in [1.807, 2.05) is 18.2 Å². The number of carbonyl (C=O) groups is 1. The molecule has 1 aromatic rings. The number of para-hydroxylation sites is 1. The van der Waals surface area contributed by atoms with E-state index < -0.39 is 0 Å². The van der Waals surface area contributed by atoms with Crippen molar-refractivity contribution in [3.8, 4) is 5.75 Å². The van der Waals surface area contributed by atoms with Gasteiger partial charge in [0.15, 0.2) is 5.78 Å². The van der Waals surface area contributed by atoms with Crippen LogP contribution in [-0.4, -0.2) is 10.9 Å². The third kappa shape index (κ3) is 2.35. The third-order valence-corrected chi connectivity index (χ3v) is 8.87. The molecule has 1 aromatic carbocycles. The minimum absolute atomic E-state index is 0.0745. The van der Waals surface area contributed by atoms with E-state index in [1.54, 1.807) is 6.08 Å². The van der Waals surface area contributed by atoms with E-state index in [0.29, 0.717) is 17.6 Å². The summed E-state index contributed by atoms with van der Waals surface area (Å²) in [6.07, 6.45) is 13.2. The van der Waals surface area contributed by atoms with E-state index in [1.165, 1.54) is 37.7 Å². The van der Waals surface area contributed by atoms with Crippen molar-refractivity contribution in [2.75, 3.05) is 0 Å². The van der Waals surface area contributed by atoms with E-state index >= 15 is 0 Å². The fraction of sp³-hybridized carbons (Fsp3) is 0.560. The van der Waals surface area contributed by atoms with Gasteiger partial charge in [0.25, 0.3) is 0 Å². The molecule has 0 bridgehead atoms. The summed E-state index contributed by atoms with van der Waals surface area (Å²) < 4.78 is 0. The monoisotopic (exact) mass is 362 g/mol. The molecule has 6 atom stereocenters. The Morgan fingerprint density at radius 2 is 1.85 bits per heavy atom. The molecular formula is C25H30O2. The van der Waals surface area contributed by atoms with Gasteiger partial charge in [-0.25, -0.2) is 0 Å². The van der Waals surface area contributed by atoms with Crippen LogP contribution in [0.5, 0.6) is 5.75 Å². The standard InChI is InChI=1S/C25H30O2/c1-24-13-11-17(26)15-16(24)7-8-18-20-9-10-21(19-5-3-4-6-23(19)27)25(20,2)14-12-22(18)24/h3-6,11,13,15,18,20-22,27H,7-10,12,14H2,1-2H3/t18-,20-,21-,22-,24-,25-/m0/s1. The van der Waals surface area contributed by atoms with Crippen LogP contribution < -0.4 is 0 Å². The fourth-order valence-corrected chi connectivity index (χ4v) is 7.49. The van der Waals surface area contributed by atoms with Crippen LogP contribution in [0.4, 0.5) is 0 Å². The maximum Gasteiger partial charge on any atom is 0.178 e. The van der Waals surface area contributed by atoms with Gasteiger partial charge in [0, 0.05) is 5.41 Å². The highest BCUT2D eigenvalue weighted by Crippen LogP contribution is 2.68. The highest BCUT2D eigenvalue weighted by atomic mass is 16.3. The molecule has 142 valence electrons. The van der Waals surface area contributed by atoms with E-state index in [0.717, 1.165) is 23.8 Å². The van der Waals surface area contributed by atoms with E-state index in [2.05, 4.69) is 32.1 Å². The number of phenolic OH excluding ortho intramolecular Hbond substituents is 1. The molecule has 0 amide bonds. The summed E-state index contributed by atoms with van der Waals surface area (Å²) in [6, 6.07) is 7.98. The second-order valence-corrected chi connectivity index (χ2v) is 9.84. The van der Waals surface area contributed by atoms with Crippen LogP contribution in [0.2, 0.25) is 0 Å². The van der Waals surface area contributed by atoms with Crippen molar-refractivity contribution in [2.45, 2.75) is 58.3 Å². The largest absolute Gasteiger partial charge is 0.508 e. The van der Waals surface area contributed by atoms with Crippen molar-refractivity contribution in [1.82, 2.24) is 0 Å². The summed E-state index contributed by atoms with van der Waals surface area (Å²) in [5.41, 5.74) is 2.89. The molecule has 2 nitrogen and oxygen atoms in total. The van der Waals surface area contributed by atoms with Crippen LogP contribution in [0.3, 0.4) is 0 Å². The van der Waals surface area contributed by atoms with E-state index in [9.17, 15) is 9.90 Å². The molecule has 1 N–H and O–H groups in total. The van der Waals surface area contributed by atoms with Crippen LogP contribution in [0, 0.1) is 28.6 Å². The molecule has 5 rings (SSSR count). The zero-order valence-electron chi connectivity index (χ0n) is 16.4. The maximum absolute atomic E-state index is 11.9. The van der Waals surface area contributed by atoms with Crippen molar-refractivity contribution in [3.63, 3.8) is 0 Å². The number of phenols is 1. The van der Waals surface area contributed by atoms with Crippen molar-refractivity contribution in [3.05, 3.63) is 53.6 Å². The van der Waals surface area contributed by atoms with Gasteiger partial charge in [-0.3, -0.25) is 4.79 Å². The number of hydrogen-bond donors (Lipinski definition) is 1. The van der Waals surface area contributed by atoms with Gasteiger partial charge in [0.2, 0.25) is 0 Å². The van der Waals surface area contributed by atoms with Crippen molar-refractivity contribution in [2.24, 2.45) is 28.6 Å². The maximum atomic E-state index is 11.9. The van der Waals surface area contributed by atoms with Gasteiger partial charge in [0.05, 0.1) is 0 Å². The Bertz CT molecular complexity index is 850. The number of hydrogen-bond acceptors (Lipinski definition) is 2. The lowest BCUT2D eigenvalue weighted by atomic mass is 9.47. The SMILES string of the molecule is C[C@]12CC[C@H]3[C@@H](CCC4=CC(=O)C=C[C@@]43C)[C@@H]1CC[C@H]2c1ccccc1O. The highest BCUT2D eigenvalue weighted by molar-refractivity contribution is 6.01. The molecular weight excluding hydrogens is 332 g/mol. The lowest BCUT2D eigenvalue weighted by Crippen LogP contribution is -2.49. The van der Waals surface area contributed by atoms with Gasteiger partial charge >= 0.3 is 0 Å². The first-order chi connectivity index (χ1) is 12.9. The van der Waals surface area contributed by atoms with Crippen LogP contribution in [0.15, 0.2) is 48.1 Å². The average Bonchev–Trinajstić information content (AvgIpc) is 3.00. The highest BCUT2D eigenvalue weighted by Gasteiger charge is 2.58. The molecule has 3 fully saturated rings. The fourth-order valence-electron chi connectivity index (χ4n) is 7.49. The third-order valence-electron chi connectivity index (χ3n) is 8.87. The van der Waals surface area contributed by atoms with E-state index in [4.69, 9.17) is 0 Å². The summed E-state index contributed by atoms with van der Waals surface area (Å²) >= 11 is 0. The first-order valence-corrected chi connectivity index (χ1v) is 10.7. The molecule has 4 aliphatic carbocycles. The Morgan fingerprint density at radius 3 is 2.67 bits per heavy atom. The first kappa shape index (κ1) is 17.3. The number of allylic oxidation sites excluding steroid dienone is 4. The molecule has 0 saturated heterocycles. The lowest BCUT2D eigenvalue weighted by Gasteiger charge is -2.57. The average molecular weight is 363 g/mol. The molecule has 0 radical (unpaired) electrons. The zero-order valence-corrected chi connectivity index (χ0v) is 16.4. The Labute approximate surface area is 162 Å². The lowest BCUT2D eigenvalue weighted by molar-refractivity contribution is -0.111. The predicted molar refractivity (Wildman–Crippen MR) is 107 cm³/mol. The predicted octanol–water partition coefficient (Wildman–Crippen LogP) is 5.78. The Morgan fingerprint density at radius 1 is 1.04 bits per heavy atom. The molecule has 2 heteroatoms. The molecule has 3 saturated carbocycles. The second kappa shape index (κ2) is 5.83.